The molecule has 8 heteroatoms. The summed E-state index contributed by atoms with van der Waals surface area (Å²) in [5, 5.41) is 18.3. The summed E-state index contributed by atoms with van der Waals surface area (Å²) in [6.45, 7) is 0.440. The van der Waals surface area contributed by atoms with Crippen molar-refractivity contribution in [2.75, 3.05) is 13.7 Å². The van der Waals surface area contributed by atoms with E-state index in [2.05, 4.69) is 12.2 Å². The third-order valence-corrected chi connectivity index (χ3v) is 6.56. The van der Waals surface area contributed by atoms with Crippen molar-refractivity contribution in [3.05, 3.63) is 87.1 Å². The molecule has 2 aromatic carbocycles. The van der Waals surface area contributed by atoms with Crippen LogP contribution in [0.25, 0.3) is 6.08 Å². The number of carboxylic acids is 2. The molecule has 0 amide bonds. The molecule has 0 fully saturated rings. The van der Waals surface area contributed by atoms with Crippen LogP contribution in [0.1, 0.15) is 61.7 Å². The van der Waals surface area contributed by atoms with Crippen molar-refractivity contribution in [3.8, 4) is 11.5 Å². The smallest absolute Gasteiger partial charge is 0.335 e. The van der Waals surface area contributed by atoms with Gasteiger partial charge in [0, 0.05) is 16.5 Å². The van der Waals surface area contributed by atoms with Gasteiger partial charge in [0.15, 0.2) is 0 Å². The molecule has 0 spiro atoms. The molecule has 36 heavy (non-hydrogen) atoms. The molecule has 1 aromatic heterocycles. The topological polar surface area (TPSA) is 110 Å². The molecule has 0 unspecified atom stereocenters. The first-order chi connectivity index (χ1) is 17.4. The lowest BCUT2D eigenvalue weighted by Crippen LogP contribution is -2.02. The molecule has 0 aliphatic rings. The van der Waals surface area contributed by atoms with E-state index in [1.54, 1.807) is 19.2 Å². The van der Waals surface area contributed by atoms with E-state index in [4.69, 9.17) is 14.6 Å². The van der Waals surface area contributed by atoms with E-state index >= 15 is 0 Å². The average molecular weight is 509 g/mol. The van der Waals surface area contributed by atoms with Crippen LogP contribution in [0.15, 0.2) is 60.7 Å². The Morgan fingerprint density at radius 1 is 0.972 bits per heavy atom. The molecule has 7 nitrogen and oxygen atoms in total. The van der Waals surface area contributed by atoms with Crippen molar-refractivity contribution in [2.24, 2.45) is 0 Å². The summed E-state index contributed by atoms with van der Waals surface area (Å²) in [6, 6.07) is 15.3. The first-order valence-corrected chi connectivity index (χ1v) is 12.3. The highest BCUT2D eigenvalue weighted by atomic mass is 32.1. The Balaban J connectivity index is 1.57. The molecular weight excluding hydrogens is 480 g/mol. The van der Waals surface area contributed by atoms with E-state index in [0.29, 0.717) is 22.1 Å². The van der Waals surface area contributed by atoms with Gasteiger partial charge in [0.25, 0.3) is 0 Å². The summed E-state index contributed by atoms with van der Waals surface area (Å²) in [4.78, 5) is 36.3. The molecule has 0 atom stereocenters. The zero-order valence-electron chi connectivity index (χ0n) is 19.9. The lowest BCUT2D eigenvalue weighted by molar-refractivity contribution is -0.136. The van der Waals surface area contributed by atoms with Gasteiger partial charge in [-0.25, -0.2) is 4.79 Å². The minimum absolute atomic E-state index is 0.0287. The number of carbonyl (C=O) groups excluding carboxylic acids is 1. The second-order valence-corrected chi connectivity index (χ2v) is 9.16. The summed E-state index contributed by atoms with van der Waals surface area (Å²) in [5.74, 6) is -1.04. The first-order valence-electron chi connectivity index (χ1n) is 11.5. The highest BCUT2D eigenvalue weighted by Crippen LogP contribution is 2.32. The van der Waals surface area contributed by atoms with Crippen molar-refractivity contribution >= 4 is 35.1 Å². The van der Waals surface area contributed by atoms with Crippen molar-refractivity contribution in [2.45, 2.75) is 32.1 Å². The third-order valence-electron chi connectivity index (χ3n) is 5.38. The molecule has 0 bridgehead atoms. The van der Waals surface area contributed by atoms with Gasteiger partial charge in [0.05, 0.1) is 30.6 Å². The highest BCUT2D eigenvalue weighted by molar-refractivity contribution is 7.14. The SMILES string of the molecule is COc1ccc(/C=C/CCCCOc2cc(C(=O)c3cccc(C(=O)O)c3)sc2CCC(=O)O)cc1. The van der Waals surface area contributed by atoms with Gasteiger partial charge in [-0.2, -0.15) is 0 Å². The second-order valence-electron chi connectivity index (χ2n) is 8.03. The van der Waals surface area contributed by atoms with Gasteiger partial charge in [0.1, 0.15) is 11.5 Å². The van der Waals surface area contributed by atoms with Gasteiger partial charge in [-0.15, -0.1) is 11.3 Å². The summed E-state index contributed by atoms with van der Waals surface area (Å²) >= 11 is 1.19. The van der Waals surface area contributed by atoms with E-state index < -0.39 is 11.9 Å². The number of methoxy groups -OCH3 is 1. The number of ketones is 1. The minimum atomic E-state index is -1.11. The Hall–Kier alpha value is -3.91. The summed E-state index contributed by atoms with van der Waals surface area (Å²) in [6.07, 6.45) is 6.93. The number of ether oxygens (including phenoxy) is 2. The Bertz CT molecular complexity index is 1220. The molecule has 0 aliphatic carbocycles. The number of aryl methyl sites for hydroxylation is 1. The van der Waals surface area contributed by atoms with Crippen LogP contribution in [0.4, 0.5) is 0 Å². The van der Waals surface area contributed by atoms with Gasteiger partial charge in [-0.3, -0.25) is 9.59 Å². The Labute approximate surface area is 213 Å². The van der Waals surface area contributed by atoms with Gasteiger partial charge >= 0.3 is 11.9 Å². The van der Waals surface area contributed by atoms with Crippen LogP contribution in [0.2, 0.25) is 0 Å². The maximum atomic E-state index is 13.0. The molecule has 0 saturated carbocycles. The number of benzene rings is 2. The number of carbonyl (C=O) groups is 3. The summed E-state index contributed by atoms with van der Waals surface area (Å²) in [7, 11) is 1.64. The lowest BCUT2D eigenvalue weighted by atomic mass is 10.1. The van der Waals surface area contributed by atoms with Crippen LogP contribution in [-0.2, 0) is 11.2 Å². The quantitative estimate of drug-likeness (QED) is 0.204. The molecule has 0 aliphatic heterocycles. The molecular formula is C28H28O7S. The van der Waals surface area contributed by atoms with Gasteiger partial charge in [-0.1, -0.05) is 36.4 Å². The number of unbranched alkanes of at least 4 members (excludes halogenated alkanes) is 2. The number of hydrogen-bond donors (Lipinski definition) is 2. The number of aromatic carboxylic acids is 1. The monoisotopic (exact) mass is 508 g/mol. The number of allylic oxidation sites excluding steroid dienone is 1. The molecule has 0 radical (unpaired) electrons. The van der Waals surface area contributed by atoms with E-state index in [1.165, 1.54) is 29.5 Å². The maximum Gasteiger partial charge on any atom is 0.335 e. The maximum absolute atomic E-state index is 13.0. The number of rotatable bonds is 14. The molecule has 188 valence electrons. The average Bonchev–Trinajstić information content (AvgIpc) is 3.29. The zero-order chi connectivity index (χ0) is 25.9. The van der Waals surface area contributed by atoms with Crippen molar-refractivity contribution < 1.29 is 34.1 Å². The van der Waals surface area contributed by atoms with E-state index in [0.717, 1.165) is 30.6 Å². The van der Waals surface area contributed by atoms with Gasteiger partial charge in [0.2, 0.25) is 5.78 Å². The van der Waals surface area contributed by atoms with Crippen LogP contribution in [0, 0.1) is 0 Å². The summed E-state index contributed by atoms with van der Waals surface area (Å²) < 4.78 is 11.1. The molecule has 3 aromatic rings. The predicted octanol–water partition coefficient (Wildman–Crippen LogP) is 5.97. The highest BCUT2D eigenvalue weighted by Gasteiger charge is 2.19. The number of hydrogen-bond acceptors (Lipinski definition) is 6. The second kappa shape index (κ2) is 13.3. The summed E-state index contributed by atoms with van der Waals surface area (Å²) in [5.41, 5.74) is 1.39. The largest absolute Gasteiger partial charge is 0.497 e. The Kier molecular flexibility index (Phi) is 9.82. The first kappa shape index (κ1) is 26.7. The molecule has 0 saturated heterocycles. The van der Waals surface area contributed by atoms with Crippen LogP contribution in [0.5, 0.6) is 11.5 Å². The van der Waals surface area contributed by atoms with E-state index in [1.807, 2.05) is 24.3 Å². The lowest BCUT2D eigenvalue weighted by Gasteiger charge is -2.06. The number of thiophene rings is 1. The Morgan fingerprint density at radius 2 is 1.72 bits per heavy atom. The van der Waals surface area contributed by atoms with Gasteiger partial charge < -0.3 is 19.7 Å². The number of carboxylic acid groups (broad SMARTS) is 2. The van der Waals surface area contributed by atoms with Crippen LogP contribution in [0.3, 0.4) is 0 Å². The molecule has 2 N–H and O–H groups in total. The fourth-order valence-electron chi connectivity index (χ4n) is 3.46. The van der Waals surface area contributed by atoms with Gasteiger partial charge in [-0.05, 0) is 55.5 Å². The fraction of sp³-hybridized carbons (Fsp3) is 0.250. The van der Waals surface area contributed by atoms with Crippen molar-refractivity contribution in [1.29, 1.82) is 0 Å². The predicted molar refractivity (Wildman–Crippen MR) is 138 cm³/mol. The van der Waals surface area contributed by atoms with Crippen molar-refractivity contribution in [3.63, 3.8) is 0 Å². The van der Waals surface area contributed by atoms with Crippen LogP contribution >= 0.6 is 11.3 Å². The van der Waals surface area contributed by atoms with E-state index in [-0.39, 0.29) is 29.8 Å². The van der Waals surface area contributed by atoms with Crippen LogP contribution < -0.4 is 9.47 Å². The third kappa shape index (κ3) is 7.81. The Morgan fingerprint density at radius 3 is 2.42 bits per heavy atom. The fourth-order valence-corrected chi connectivity index (χ4v) is 4.52. The minimum Gasteiger partial charge on any atom is -0.497 e. The normalized spacial score (nSPS) is 10.9. The van der Waals surface area contributed by atoms with Crippen LogP contribution in [-0.4, -0.2) is 41.7 Å². The standard InChI is InChI=1S/C28H28O7S/c1-34-22-12-10-19(11-13-22)7-4-2-3-5-16-35-23-18-25(36-24(23)14-15-26(29)30)27(31)20-8-6-9-21(17-20)28(32)33/h4,6-13,17-18H,2-3,5,14-16H2,1H3,(H,29,30)(H,32,33)/b7-4+. The zero-order valence-corrected chi connectivity index (χ0v) is 20.8. The number of aliphatic carboxylic acids is 1. The molecule has 1 heterocycles. The van der Waals surface area contributed by atoms with Crippen molar-refractivity contribution in [1.82, 2.24) is 0 Å². The van der Waals surface area contributed by atoms with E-state index in [9.17, 15) is 19.5 Å². The molecule has 3 rings (SSSR count).